The molecule has 0 fully saturated rings. The van der Waals surface area contributed by atoms with Gasteiger partial charge in [-0.3, -0.25) is 0 Å². The molecule has 0 aliphatic heterocycles. The highest BCUT2D eigenvalue weighted by Gasteiger charge is 1.91. The van der Waals surface area contributed by atoms with Gasteiger partial charge in [-0.1, -0.05) is 11.8 Å². The van der Waals surface area contributed by atoms with Crippen LogP contribution in [0.5, 0.6) is 0 Å². The monoisotopic (exact) mass is 183 g/mol. The van der Waals surface area contributed by atoms with Gasteiger partial charge in [-0.15, -0.1) is 0 Å². The van der Waals surface area contributed by atoms with E-state index >= 15 is 0 Å². The highest BCUT2D eigenvalue weighted by Crippen LogP contribution is 2.18. The smallest absolute Gasteiger partial charge is 0.0966 e. The van der Waals surface area contributed by atoms with Crippen molar-refractivity contribution in [2.45, 2.75) is 11.8 Å². The third-order valence-electron chi connectivity index (χ3n) is 1.39. The van der Waals surface area contributed by atoms with E-state index in [2.05, 4.69) is 0 Å². The summed E-state index contributed by atoms with van der Waals surface area (Å²) in [5.74, 6) is 0.709. The van der Waals surface area contributed by atoms with Crippen LogP contribution in [0.25, 0.3) is 0 Å². The highest BCUT2D eigenvalue weighted by molar-refractivity contribution is 7.99. The van der Waals surface area contributed by atoms with Crippen LogP contribution in [0.3, 0.4) is 0 Å². The van der Waals surface area contributed by atoms with Gasteiger partial charge in [-0.05, 0) is 31.2 Å². The summed E-state index contributed by atoms with van der Waals surface area (Å²) < 4.78 is 5.20. The summed E-state index contributed by atoms with van der Waals surface area (Å²) in [4.78, 5) is 1.19. The second-order valence-electron chi connectivity index (χ2n) is 2.32. The minimum Gasteiger partial charge on any atom is -0.399 e. The van der Waals surface area contributed by atoms with E-state index in [0.717, 1.165) is 12.3 Å². The van der Waals surface area contributed by atoms with Crippen LogP contribution in [0, 0.1) is 0 Å². The lowest BCUT2D eigenvalue weighted by molar-refractivity contribution is 0.199. The Labute approximate surface area is 77.1 Å². The maximum Gasteiger partial charge on any atom is 0.0966 e. The van der Waals surface area contributed by atoms with Crippen LogP contribution < -0.4 is 5.73 Å². The molecule has 0 saturated heterocycles. The van der Waals surface area contributed by atoms with Gasteiger partial charge in [0.1, 0.15) is 0 Å². The molecular formula is C9H13NOS. The lowest BCUT2D eigenvalue weighted by atomic mass is 10.3. The number of hydrogen-bond donors (Lipinski definition) is 1. The molecule has 0 atom stereocenters. The number of anilines is 1. The Balaban J connectivity index is 2.37. The zero-order valence-electron chi connectivity index (χ0n) is 7.12. The Morgan fingerprint density at radius 1 is 1.33 bits per heavy atom. The second kappa shape index (κ2) is 5.06. The van der Waals surface area contributed by atoms with E-state index in [9.17, 15) is 0 Å². The molecule has 2 N–H and O–H groups in total. The molecule has 0 unspecified atom stereocenters. The molecule has 0 aliphatic rings. The Bertz CT molecular complexity index is 222. The standard InChI is InChI=1S/C9H13NOS/c1-2-11-7-12-9-5-3-8(10)4-6-9/h3-6H,2,7,10H2,1H3. The van der Waals surface area contributed by atoms with Crippen LogP contribution in [-0.4, -0.2) is 12.5 Å². The van der Waals surface area contributed by atoms with Gasteiger partial charge < -0.3 is 10.5 Å². The van der Waals surface area contributed by atoms with E-state index in [1.54, 1.807) is 11.8 Å². The van der Waals surface area contributed by atoms with E-state index in [1.165, 1.54) is 4.90 Å². The third-order valence-corrected chi connectivity index (χ3v) is 2.28. The first-order valence-electron chi connectivity index (χ1n) is 3.89. The quantitative estimate of drug-likeness (QED) is 0.337. The maximum absolute atomic E-state index is 5.54. The Morgan fingerprint density at radius 3 is 2.58 bits per heavy atom. The van der Waals surface area contributed by atoms with Crippen LogP contribution in [0.1, 0.15) is 6.92 Å². The van der Waals surface area contributed by atoms with Crippen molar-refractivity contribution < 1.29 is 4.74 Å². The normalized spacial score (nSPS) is 10.1. The minimum atomic E-state index is 0.709. The first-order valence-corrected chi connectivity index (χ1v) is 4.87. The van der Waals surface area contributed by atoms with E-state index in [-0.39, 0.29) is 0 Å². The molecule has 2 nitrogen and oxygen atoms in total. The molecule has 1 rings (SSSR count). The topological polar surface area (TPSA) is 35.2 Å². The van der Waals surface area contributed by atoms with Crippen molar-refractivity contribution in [3.05, 3.63) is 24.3 Å². The predicted octanol–water partition coefficient (Wildman–Crippen LogP) is 2.35. The molecular weight excluding hydrogens is 170 g/mol. The van der Waals surface area contributed by atoms with Crippen molar-refractivity contribution in [1.29, 1.82) is 0 Å². The first kappa shape index (κ1) is 9.42. The molecule has 0 heterocycles. The van der Waals surface area contributed by atoms with Crippen LogP contribution in [0.15, 0.2) is 29.2 Å². The lowest BCUT2D eigenvalue weighted by Crippen LogP contribution is -1.88. The molecule has 1 aromatic rings. The highest BCUT2D eigenvalue weighted by atomic mass is 32.2. The van der Waals surface area contributed by atoms with Gasteiger partial charge in [-0.2, -0.15) is 0 Å². The van der Waals surface area contributed by atoms with Crippen LogP contribution in [-0.2, 0) is 4.74 Å². The molecule has 12 heavy (non-hydrogen) atoms. The zero-order valence-corrected chi connectivity index (χ0v) is 7.93. The molecule has 0 radical (unpaired) electrons. The fraction of sp³-hybridized carbons (Fsp3) is 0.333. The van der Waals surface area contributed by atoms with Gasteiger partial charge >= 0.3 is 0 Å². The average molecular weight is 183 g/mol. The Morgan fingerprint density at radius 2 is 2.00 bits per heavy atom. The van der Waals surface area contributed by atoms with Crippen molar-refractivity contribution in [3.63, 3.8) is 0 Å². The van der Waals surface area contributed by atoms with E-state index in [0.29, 0.717) is 5.94 Å². The number of hydrogen-bond acceptors (Lipinski definition) is 3. The fourth-order valence-corrected chi connectivity index (χ4v) is 1.47. The van der Waals surface area contributed by atoms with Crippen LogP contribution >= 0.6 is 11.8 Å². The van der Waals surface area contributed by atoms with Gasteiger partial charge in [0.25, 0.3) is 0 Å². The van der Waals surface area contributed by atoms with E-state index in [1.807, 2.05) is 31.2 Å². The number of benzene rings is 1. The molecule has 0 aromatic heterocycles. The summed E-state index contributed by atoms with van der Waals surface area (Å²) >= 11 is 1.68. The molecule has 0 saturated carbocycles. The number of rotatable bonds is 4. The van der Waals surface area contributed by atoms with Crippen molar-refractivity contribution in [1.82, 2.24) is 0 Å². The molecule has 0 amide bonds. The summed E-state index contributed by atoms with van der Waals surface area (Å²) in [6.45, 7) is 2.76. The second-order valence-corrected chi connectivity index (χ2v) is 3.32. The fourth-order valence-electron chi connectivity index (χ4n) is 0.757. The number of nitrogen functional groups attached to an aromatic ring is 1. The third kappa shape index (κ3) is 3.15. The molecule has 66 valence electrons. The van der Waals surface area contributed by atoms with Crippen LogP contribution in [0.2, 0.25) is 0 Å². The molecule has 1 aromatic carbocycles. The SMILES string of the molecule is CCOCSc1ccc(N)cc1. The van der Waals surface area contributed by atoms with Gasteiger partial charge in [0.05, 0.1) is 5.94 Å². The van der Waals surface area contributed by atoms with Crippen molar-refractivity contribution in [3.8, 4) is 0 Å². The van der Waals surface area contributed by atoms with Gasteiger partial charge in [0.15, 0.2) is 0 Å². The van der Waals surface area contributed by atoms with E-state index in [4.69, 9.17) is 10.5 Å². The summed E-state index contributed by atoms with van der Waals surface area (Å²) in [5, 5.41) is 0. The Hall–Kier alpha value is -0.670. The van der Waals surface area contributed by atoms with Gasteiger partial charge in [0, 0.05) is 17.2 Å². The largest absolute Gasteiger partial charge is 0.399 e. The molecule has 3 heteroatoms. The van der Waals surface area contributed by atoms with E-state index < -0.39 is 0 Å². The van der Waals surface area contributed by atoms with Gasteiger partial charge in [0.2, 0.25) is 0 Å². The number of ether oxygens (including phenoxy) is 1. The van der Waals surface area contributed by atoms with Crippen LogP contribution in [0.4, 0.5) is 5.69 Å². The molecule has 0 spiro atoms. The molecule has 0 bridgehead atoms. The van der Waals surface area contributed by atoms with Gasteiger partial charge in [-0.25, -0.2) is 0 Å². The predicted molar refractivity (Wildman–Crippen MR) is 53.2 cm³/mol. The maximum atomic E-state index is 5.54. The first-order chi connectivity index (χ1) is 5.83. The number of thioether (sulfide) groups is 1. The number of nitrogens with two attached hydrogens (primary N) is 1. The summed E-state index contributed by atoms with van der Waals surface area (Å²) in [6.07, 6.45) is 0. The lowest BCUT2D eigenvalue weighted by Gasteiger charge is -2.01. The average Bonchev–Trinajstić information content (AvgIpc) is 2.09. The minimum absolute atomic E-state index is 0.709. The molecule has 0 aliphatic carbocycles. The summed E-state index contributed by atoms with van der Waals surface area (Å²) in [7, 11) is 0. The summed E-state index contributed by atoms with van der Waals surface area (Å²) in [5.41, 5.74) is 6.34. The zero-order chi connectivity index (χ0) is 8.81. The van der Waals surface area contributed by atoms with Crippen molar-refractivity contribution in [2.24, 2.45) is 0 Å². The van der Waals surface area contributed by atoms with Crippen molar-refractivity contribution >= 4 is 17.4 Å². The summed E-state index contributed by atoms with van der Waals surface area (Å²) in [6, 6.07) is 7.79. The van der Waals surface area contributed by atoms with Crippen molar-refractivity contribution in [2.75, 3.05) is 18.3 Å². The Kier molecular flexibility index (Phi) is 3.97.